The van der Waals surface area contributed by atoms with Gasteiger partial charge in [-0.05, 0) is 81.3 Å². The predicted octanol–water partition coefficient (Wildman–Crippen LogP) is 8.05. The second-order valence-electron chi connectivity index (χ2n) is 16.2. The fourth-order valence-corrected chi connectivity index (χ4v) is 6.99. The molecule has 0 radical (unpaired) electrons. The van der Waals surface area contributed by atoms with Crippen molar-refractivity contribution in [1.82, 2.24) is 0 Å². The van der Waals surface area contributed by atoms with Crippen molar-refractivity contribution in [2.45, 2.75) is 135 Å². The number of esters is 2. The number of hydrogen-bond acceptors (Lipinski definition) is 6. The quantitative estimate of drug-likeness (QED) is 0.229. The van der Waals surface area contributed by atoms with Crippen molar-refractivity contribution >= 4 is 20.3 Å². The van der Waals surface area contributed by atoms with Crippen molar-refractivity contribution in [3.8, 4) is 0 Å². The topological polar surface area (TPSA) is 82.1 Å². The minimum atomic E-state index is -2.01. The van der Waals surface area contributed by atoms with Crippen LogP contribution in [0, 0.1) is 5.41 Å². The van der Waals surface area contributed by atoms with Crippen molar-refractivity contribution in [3.63, 3.8) is 0 Å². The molecule has 236 valence electrons. The van der Waals surface area contributed by atoms with Gasteiger partial charge in [0.2, 0.25) is 5.60 Å². The summed E-state index contributed by atoms with van der Waals surface area (Å²) in [5.41, 5.74) is -1.10. The first-order valence-electron chi connectivity index (χ1n) is 15.6. The van der Waals surface area contributed by atoms with Crippen molar-refractivity contribution in [3.05, 3.63) is 70.8 Å². The summed E-state index contributed by atoms with van der Waals surface area (Å²) in [4.78, 5) is 27.7. The van der Waals surface area contributed by atoms with E-state index in [9.17, 15) is 14.7 Å². The van der Waals surface area contributed by atoms with E-state index in [-0.39, 0.29) is 17.1 Å². The van der Waals surface area contributed by atoms with Gasteiger partial charge in [0.05, 0.1) is 17.6 Å². The van der Waals surface area contributed by atoms with E-state index in [4.69, 9.17) is 13.9 Å². The first kappa shape index (κ1) is 33.4. The van der Waals surface area contributed by atoms with Crippen molar-refractivity contribution in [2.75, 3.05) is 0 Å². The number of carbonyl (C=O) groups is 2. The van der Waals surface area contributed by atoms with E-state index in [1.165, 1.54) is 0 Å². The molecule has 2 aromatic rings. The minimum absolute atomic E-state index is 0.0130. The monoisotopic (exact) mass is 608 g/mol. The zero-order chi connectivity index (χ0) is 32.3. The molecule has 4 rings (SSSR count). The summed E-state index contributed by atoms with van der Waals surface area (Å²) in [5.74, 6) is -1.12. The third-order valence-electron chi connectivity index (χ3n) is 9.35. The van der Waals surface area contributed by atoms with Gasteiger partial charge in [0.1, 0.15) is 5.60 Å². The highest BCUT2D eigenvalue weighted by Crippen LogP contribution is 2.55. The minimum Gasteiger partial charge on any atom is -0.457 e. The van der Waals surface area contributed by atoms with Crippen LogP contribution >= 0.6 is 0 Å². The number of rotatable bonds is 9. The third kappa shape index (κ3) is 6.94. The van der Waals surface area contributed by atoms with E-state index in [0.717, 1.165) is 42.4 Å². The highest BCUT2D eigenvalue weighted by atomic mass is 28.4. The van der Waals surface area contributed by atoms with Gasteiger partial charge in [0, 0.05) is 11.0 Å². The second kappa shape index (κ2) is 10.8. The van der Waals surface area contributed by atoms with Crippen LogP contribution in [0.5, 0.6) is 0 Å². The lowest BCUT2D eigenvalue weighted by molar-refractivity contribution is -0.207. The van der Waals surface area contributed by atoms with Gasteiger partial charge in [-0.15, -0.1) is 0 Å². The van der Waals surface area contributed by atoms with Gasteiger partial charge in [0.15, 0.2) is 8.32 Å². The van der Waals surface area contributed by atoms with E-state index in [2.05, 4.69) is 33.9 Å². The summed E-state index contributed by atoms with van der Waals surface area (Å²) >= 11 is 0. The number of hydrogen-bond donors (Lipinski definition) is 1. The Hall–Kier alpha value is -2.48. The Morgan fingerprint density at radius 3 is 1.70 bits per heavy atom. The number of aliphatic hydroxyl groups is 1. The lowest BCUT2D eigenvalue weighted by atomic mass is 9.71. The Bertz CT molecular complexity index is 1330. The highest BCUT2D eigenvalue weighted by Gasteiger charge is 2.57. The summed E-state index contributed by atoms with van der Waals surface area (Å²) in [6.45, 7) is 22.4. The molecule has 43 heavy (non-hydrogen) atoms. The normalized spacial score (nSPS) is 19.3. The van der Waals surface area contributed by atoms with Crippen molar-refractivity contribution < 1.29 is 28.6 Å². The Kier molecular flexibility index (Phi) is 8.43. The smallest absolute Gasteiger partial charge is 0.356 e. The third-order valence-corrected chi connectivity index (χ3v) is 13.9. The first-order chi connectivity index (χ1) is 19.5. The molecule has 2 aromatic carbocycles. The number of carbonyl (C=O) groups excluding carboxylic acids is 2. The molecule has 0 aromatic heterocycles. The maximum atomic E-state index is 14.1. The molecule has 0 bridgehead atoms. The maximum Gasteiger partial charge on any atom is 0.356 e. The number of benzene rings is 2. The molecular weight excluding hydrogens is 556 g/mol. The van der Waals surface area contributed by atoms with E-state index in [0.29, 0.717) is 5.56 Å². The molecule has 0 amide bonds. The van der Waals surface area contributed by atoms with Gasteiger partial charge in [-0.2, -0.15) is 0 Å². The SMILES string of the molecule is CC(C)(C)OC(=O)C(OC(=O)Cc1ccc(C2(O)CC2)cc1)(c1ccc(C2(O[Si](C)(C)C(C)(C)C)CC2)cc1)C(C)(C)C. The van der Waals surface area contributed by atoms with Crippen molar-refractivity contribution in [2.24, 2.45) is 5.41 Å². The van der Waals surface area contributed by atoms with Crippen LogP contribution in [-0.2, 0) is 46.7 Å². The molecular formula is C36H52O6Si. The molecule has 0 aliphatic heterocycles. The van der Waals surface area contributed by atoms with E-state index < -0.39 is 42.5 Å². The molecule has 0 spiro atoms. The fraction of sp³-hybridized carbons (Fsp3) is 0.611. The molecule has 1 atom stereocenters. The maximum absolute atomic E-state index is 14.1. The average molecular weight is 609 g/mol. The molecule has 2 saturated carbocycles. The largest absolute Gasteiger partial charge is 0.457 e. The van der Waals surface area contributed by atoms with E-state index in [1.807, 2.05) is 90.1 Å². The van der Waals surface area contributed by atoms with Crippen LogP contribution in [0.3, 0.4) is 0 Å². The van der Waals surface area contributed by atoms with Gasteiger partial charge in [-0.1, -0.05) is 90.1 Å². The molecule has 2 aliphatic rings. The molecule has 2 fully saturated rings. The summed E-state index contributed by atoms with van der Waals surface area (Å²) in [6, 6.07) is 15.2. The zero-order valence-electron chi connectivity index (χ0n) is 28.1. The van der Waals surface area contributed by atoms with Gasteiger partial charge >= 0.3 is 11.9 Å². The number of ether oxygens (including phenoxy) is 2. The van der Waals surface area contributed by atoms with Crippen LogP contribution in [0.25, 0.3) is 0 Å². The average Bonchev–Trinajstić information content (AvgIpc) is 3.79. The molecule has 6 nitrogen and oxygen atoms in total. The van der Waals surface area contributed by atoms with Crippen molar-refractivity contribution in [1.29, 1.82) is 0 Å². The van der Waals surface area contributed by atoms with E-state index >= 15 is 0 Å². The zero-order valence-corrected chi connectivity index (χ0v) is 29.1. The highest BCUT2D eigenvalue weighted by molar-refractivity contribution is 6.74. The van der Waals surface area contributed by atoms with Crippen LogP contribution in [0.2, 0.25) is 18.1 Å². The summed E-state index contributed by atoms with van der Waals surface area (Å²) < 4.78 is 19.1. The molecule has 1 unspecified atom stereocenters. The second-order valence-corrected chi connectivity index (χ2v) is 21.0. The molecule has 7 heteroatoms. The lowest BCUT2D eigenvalue weighted by Crippen LogP contribution is -2.53. The van der Waals surface area contributed by atoms with Crippen LogP contribution in [0.4, 0.5) is 0 Å². The molecule has 0 saturated heterocycles. The Morgan fingerprint density at radius 2 is 1.28 bits per heavy atom. The Balaban J connectivity index is 1.67. The predicted molar refractivity (Wildman–Crippen MR) is 172 cm³/mol. The van der Waals surface area contributed by atoms with Crippen LogP contribution in [0.15, 0.2) is 48.5 Å². The molecule has 0 heterocycles. The van der Waals surface area contributed by atoms with Gasteiger partial charge in [-0.3, -0.25) is 4.79 Å². The van der Waals surface area contributed by atoms with Crippen LogP contribution < -0.4 is 0 Å². The van der Waals surface area contributed by atoms with Gasteiger partial charge < -0.3 is 19.0 Å². The summed E-state index contributed by atoms with van der Waals surface area (Å²) in [6.07, 6.45) is 3.41. The summed E-state index contributed by atoms with van der Waals surface area (Å²) in [5, 5.41) is 10.5. The van der Waals surface area contributed by atoms with E-state index in [1.54, 1.807) is 0 Å². The summed E-state index contributed by atoms with van der Waals surface area (Å²) in [7, 11) is -2.01. The molecule has 2 aliphatic carbocycles. The van der Waals surface area contributed by atoms with Gasteiger partial charge in [0.25, 0.3) is 0 Å². The van der Waals surface area contributed by atoms with Gasteiger partial charge in [-0.25, -0.2) is 4.79 Å². The Labute approximate surface area is 259 Å². The van der Waals surface area contributed by atoms with Crippen LogP contribution in [0.1, 0.15) is 110 Å². The first-order valence-corrected chi connectivity index (χ1v) is 18.5. The fourth-order valence-electron chi connectivity index (χ4n) is 5.39. The lowest BCUT2D eigenvalue weighted by Gasteiger charge is -2.43. The Morgan fingerprint density at radius 1 is 0.767 bits per heavy atom. The van der Waals surface area contributed by atoms with Crippen LogP contribution in [-0.4, -0.2) is 31.0 Å². The standard InChI is InChI=1S/C36H52O6Si/c1-31(2,3)36(30(38)41-32(4,5)6,40-29(37)24-25-12-14-26(15-13-25)34(39)20-21-34)28-18-16-27(17-19-28)35(22-23-35)42-43(10,11)33(7,8)9/h12-19,39H,20-24H2,1-11H3. The molecule has 1 N–H and O–H groups in total.